The van der Waals surface area contributed by atoms with E-state index in [1.54, 1.807) is 0 Å². The molecule has 0 aliphatic carbocycles. The predicted molar refractivity (Wildman–Crippen MR) is 433 cm³/mol. The topological polar surface area (TPSA) is 114 Å². The van der Waals surface area contributed by atoms with Crippen LogP contribution in [0.4, 0.5) is 0 Å². The first-order valence-corrected chi connectivity index (χ1v) is 62.4. The quantitative estimate of drug-likeness (QED) is 0.0675. The molecular weight excluding hydrogens is 1820 g/mol. The molecule has 0 saturated heterocycles. The van der Waals surface area contributed by atoms with Crippen LogP contribution >= 0.6 is 37.7 Å². The van der Waals surface area contributed by atoms with Gasteiger partial charge < -0.3 is 18.4 Å². The second-order valence-corrected chi connectivity index (χ2v) is 46.5. The number of hydrogen-bond acceptors (Lipinski definition) is 8. The van der Waals surface area contributed by atoms with Gasteiger partial charge in [0.2, 0.25) is 0 Å². The molecule has 18 aromatic rings. The van der Waals surface area contributed by atoms with E-state index in [2.05, 4.69) is 233 Å². The monoisotopic (exact) mass is 1880 g/mol. The molecule has 524 valence electrons. The number of benzene rings is 8. The Morgan fingerprint density at radius 2 is 0.811 bits per heavy atom. The van der Waals surface area contributed by atoms with Crippen LogP contribution in [0.3, 0.4) is 0 Å². The van der Waals surface area contributed by atoms with Crippen LogP contribution in [0.25, 0.3) is 132 Å². The first-order chi connectivity index (χ1) is 50.9. The van der Waals surface area contributed by atoms with Crippen molar-refractivity contribution in [2.75, 3.05) is 0 Å². The van der Waals surface area contributed by atoms with Crippen LogP contribution in [0, 0.1) is 12.1 Å². The van der Waals surface area contributed by atoms with E-state index in [0.29, 0.717) is 35.2 Å². The van der Waals surface area contributed by atoms with E-state index in [4.69, 9.17) is 57.1 Å². The maximum Gasteiger partial charge on any atom is 2.00 e. The molecule has 106 heavy (non-hydrogen) atoms. The molecule has 0 fully saturated rings. The van der Waals surface area contributed by atoms with Gasteiger partial charge in [-0.05, 0) is 141 Å². The average molecular weight is 1880 g/mol. The molecule has 0 aliphatic heterocycles. The summed E-state index contributed by atoms with van der Waals surface area (Å²) in [6.45, 7) is 18.1. The molecule has 0 aliphatic rings. The van der Waals surface area contributed by atoms with E-state index in [9.17, 15) is 0 Å². The van der Waals surface area contributed by atoms with Gasteiger partial charge >= 0.3 is 134 Å². The molecule has 0 amide bonds. The number of para-hydroxylation sites is 2. The van der Waals surface area contributed by atoms with Crippen molar-refractivity contribution >= 4 is 199 Å². The first-order valence-electron chi connectivity index (χ1n) is 35.1. The number of pyridine rings is 6. The van der Waals surface area contributed by atoms with Crippen molar-refractivity contribution in [3.05, 3.63) is 278 Å². The molecule has 0 N–H and O–H groups in total. The van der Waals surface area contributed by atoms with Gasteiger partial charge in [-0.3, -0.25) is 23.9 Å². The molecule has 0 spiro atoms. The fourth-order valence-corrected chi connectivity index (χ4v) is 14.8. The van der Waals surface area contributed by atoms with Crippen LogP contribution in [0.5, 0.6) is 23.0 Å². The van der Waals surface area contributed by atoms with Gasteiger partial charge in [0.25, 0.3) is 0 Å². The van der Waals surface area contributed by atoms with Gasteiger partial charge in [0.1, 0.15) is 28.8 Å². The number of fused-ring (bicyclic) bond motifs is 18. The van der Waals surface area contributed by atoms with Crippen molar-refractivity contribution in [1.29, 1.82) is 0 Å². The second kappa shape index (κ2) is 32.8. The Bertz CT molecular complexity index is 5890. The zero-order valence-corrected chi connectivity index (χ0v) is 73.7. The fraction of sp³-hybridized carbons (Fsp3) is 0.140. The number of halogens is 4. The summed E-state index contributed by atoms with van der Waals surface area (Å²) in [5, 5.41) is 10.7. The minimum atomic E-state index is -3.06. The van der Waals surface area contributed by atoms with Crippen LogP contribution in [0.2, 0.25) is 0 Å². The van der Waals surface area contributed by atoms with Crippen LogP contribution in [-0.2, 0) is 33.0 Å². The number of rotatable bonds is 12. The molecule has 12 nitrogen and oxygen atoms in total. The summed E-state index contributed by atoms with van der Waals surface area (Å²) in [7, 11) is 20.0. The number of ether oxygens (including phenoxy) is 2. The van der Waals surface area contributed by atoms with Gasteiger partial charge in [0.05, 0.1) is 39.8 Å². The third-order valence-electron chi connectivity index (χ3n) is 19.2. The summed E-state index contributed by atoms with van der Waals surface area (Å²) in [5.74, 6) is 5.80. The van der Waals surface area contributed by atoms with Crippen LogP contribution in [0.15, 0.2) is 244 Å². The number of nitrogens with zero attached hydrogens (tertiary/aromatic N) is 10. The Morgan fingerprint density at radius 1 is 0.368 bits per heavy atom. The summed E-state index contributed by atoms with van der Waals surface area (Å²) in [5.41, 5.74) is 17.9. The van der Waals surface area contributed by atoms with E-state index in [-0.39, 0.29) is 21.1 Å². The number of hydrogen-bond donors (Lipinski definition) is 0. The van der Waals surface area contributed by atoms with E-state index in [1.165, 1.54) is 102 Å². The van der Waals surface area contributed by atoms with E-state index >= 15 is 0 Å². The Hall–Kier alpha value is -6.21. The standard InChI is InChI=1S/C43H35N5O.C43H33N5O.4ClH.2K.2Pt/c2*1-26(2)30-11-9-12-31(27(3)4)42(30)40-25-46-43-35-22-28(15-17-32(35)36-24-44-21-19-38(36)48(40)43)49-29-16-18-34-33-10-5-6-13-37(33)47(39(34)23-29)41-14-7-8-20-45-41;;;;;;;;/h5-27H,1-4H3;5-21,24-27H,1-4H3;4*1H;;;;/q;-2;;;;;;;+2;+4/p-4. The minimum absolute atomic E-state index is 0. The molecule has 8 aromatic carbocycles. The number of aromatic nitrogens is 10. The number of imidazole rings is 2. The Balaban J connectivity index is 0.000000163. The Morgan fingerprint density at radius 3 is 1.36 bits per heavy atom. The van der Waals surface area contributed by atoms with Crippen molar-refractivity contribution in [1.82, 2.24) is 47.8 Å². The maximum absolute atomic E-state index is 6.65. The molecule has 20 heteroatoms. The van der Waals surface area contributed by atoms with Crippen molar-refractivity contribution in [3.63, 3.8) is 0 Å². The largest absolute Gasteiger partial charge is 2.00 e. The summed E-state index contributed by atoms with van der Waals surface area (Å²) in [6.07, 6.45) is 15.3. The summed E-state index contributed by atoms with van der Waals surface area (Å²) in [6, 6.07) is 74.1. The molecule has 0 unspecified atom stereocenters. The van der Waals surface area contributed by atoms with Gasteiger partial charge in [-0.2, -0.15) is 6.07 Å². The van der Waals surface area contributed by atoms with Crippen molar-refractivity contribution in [2.45, 2.75) is 79.1 Å². The molecule has 0 atom stereocenters. The summed E-state index contributed by atoms with van der Waals surface area (Å²) in [4.78, 5) is 28.6. The predicted octanol–water partition coefficient (Wildman–Crippen LogP) is 24.1. The zero-order valence-electron chi connectivity index (χ0n) is 59.8. The Kier molecular flexibility index (Phi) is 23.7. The first kappa shape index (κ1) is 76.6. The van der Waals surface area contributed by atoms with Gasteiger partial charge in [-0.25, -0.2) is 15.0 Å². The van der Waals surface area contributed by atoms with Crippen LogP contribution in [0.1, 0.15) is 101 Å². The second-order valence-electron chi connectivity index (χ2n) is 26.8. The zero-order chi connectivity index (χ0) is 72.9. The molecule has 10 heterocycles. The van der Waals surface area contributed by atoms with E-state index in [1.807, 2.05) is 116 Å². The molecule has 18 rings (SSSR count). The van der Waals surface area contributed by atoms with Crippen LogP contribution < -0.4 is 9.47 Å². The molecule has 0 bridgehead atoms. The molecule has 0 saturated carbocycles. The normalized spacial score (nSPS) is 11.9. The van der Waals surface area contributed by atoms with E-state index < -0.39 is 11.9 Å². The maximum atomic E-state index is 6.65. The minimum Gasteiger partial charge on any atom is 2.00 e. The SMILES string of the molecule is CC(C)c1cccc(C(C)C)c1-c1cnc2c3[c-]c(Oc4[c-]c5c(cc4)c4ccccc4n5-c4ccccn4)ccc3c3cnccc3n12.CC(C)c1cccc(C(C)C)c1-c1cnc2c3cc(Oc4ccc5c6ccccc6n(-c6ccccn6)c5c4)ccc3c3cnccc3n12.[Cl][Pt]([Cl])([Cl])[Cl].[K][K].[Pt+2]. The third-order valence-corrected chi connectivity index (χ3v) is 19.2. The summed E-state index contributed by atoms with van der Waals surface area (Å²) < 4.78 is 22.1. The van der Waals surface area contributed by atoms with E-state index in [0.717, 1.165) is 127 Å². The Labute approximate surface area is 693 Å². The van der Waals surface area contributed by atoms with Crippen molar-refractivity contribution in [3.8, 4) is 57.1 Å². The van der Waals surface area contributed by atoms with Gasteiger partial charge in [0.15, 0.2) is 0 Å². The van der Waals surface area contributed by atoms with Crippen LogP contribution in [-0.4, -0.2) is 111 Å². The molecule has 10 aromatic heterocycles. The fourth-order valence-electron chi connectivity index (χ4n) is 14.8. The van der Waals surface area contributed by atoms with Gasteiger partial charge in [0, 0.05) is 105 Å². The summed E-state index contributed by atoms with van der Waals surface area (Å²) >= 11 is -0.556. The third kappa shape index (κ3) is 14.9. The van der Waals surface area contributed by atoms with Crippen molar-refractivity contribution in [2.24, 2.45) is 0 Å². The average Bonchev–Trinajstić information content (AvgIpc) is 1.10. The van der Waals surface area contributed by atoms with Crippen molar-refractivity contribution < 1.29 is 42.4 Å². The van der Waals surface area contributed by atoms with Gasteiger partial charge in [-0.15, -0.1) is 29.7 Å². The molecular formula is C86H68Cl4K2N10O2Pt2. The smallest absolute Gasteiger partial charge is 2.00 e. The molecule has 0 radical (unpaired) electrons. The van der Waals surface area contributed by atoms with Gasteiger partial charge in [-0.1, -0.05) is 163 Å².